The highest BCUT2D eigenvalue weighted by atomic mass is 32.2. The minimum atomic E-state index is -3.46. The van der Waals surface area contributed by atoms with Gasteiger partial charge in [0.05, 0.1) is 22.3 Å². The summed E-state index contributed by atoms with van der Waals surface area (Å²) < 4.78 is 30.1. The second-order valence-corrected chi connectivity index (χ2v) is 10.1. The summed E-state index contributed by atoms with van der Waals surface area (Å²) in [6.07, 6.45) is 3.44. The average molecular weight is 423 g/mol. The number of likely N-dealkylation sites (N-methyl/N-ethyl adjacent to an activating group) is 1. The van der Waals surface area contributed by atoms with Gasteiger partial charge in [-0.25, -0.2) is 13.4 Å². The highest BCUT2D eigenvalue weighted by Crippen LogP contribution is 2.42. The molecule has 1 spiro atoms. The summed E-state index contributed by atoms with van der Waals surface area (Å²) in [4.78, 5) is 7.60. The lowest BCUT2D eigenvalue weighted by Gasteiger charge is -2.49. The Bertz CT molecular complexity index is 1130. The number of sulfonamides is 1. The number of imidazole rings is 1. The van der Waals surface area contributed by atoms with E-state index < -0.39 is 10.0 Å². The molecule has 1 fully saturated rings. The normalized spacial score (nSPS) is 19.6. The largest absolute Gasteiger partial charge is 0.325 e. The van der Waals surface area contributed by atoms with Crippen LogP contribution in [0.3, 0.4) is 0 Å². The number of hydrogen-bond acceptors (Lipinski definition) is 4. The molecule has 3 heterocycles. The van der Waals surface area contributed by atoms with Crippen molar-refractivity contribution in [2.75, 3.05) is 26.7 Å². The zero-order chi connectivity index (χ0) is 20.8. The number of hydrogen-bond donors (Lipinski definition) is 0. The molecule has 0 radical (unpaired) electrons. The van der Waals surface area contributed by atoms with Crippen LogP contribution in [0.25, 0.3) is 11.3 Å². The Hall–Kier alpha value is -2.48. The van der Waals surface area contributed by atoms with Gasteiger partial charge in [0, 0.05) is 26.2 Å². The van der Waals surface area contributed by atoms with Crippen LogP contribution in [0.4, 0.5) is 0 Å². The Morgan fingerprint density at radius 3 is 2.17 bits per heavy atom. The van der Waals surface area contributed by atoms with E-state index in [4.69, 9.17) is 4.98 Å². The first-order chi connectivity index (χ1) is 14.5. The molecule has 30 heavy (non-hydrogen) atoms. The molecule has 2 aliphatic heterocycles. The highest BCUT2D eigenvalue weighted by molar-refractivity contribution is 7.89. The zero-order valence-corrected chi connectivity index (χ0v) is 17.9. The van der Waals surface area contributed by atoms with E-state index in [9.17, 15) is 8.42 Å². The van der Waals surface area contributed by atoms with Crippen molar-refractivity contribution >= 4 is 10.0 Å². The number of aromatic nitrogens is 2. The lowest BCUT2D eigenvalue weighted by atomic mass is 9.84. The monoisotopic (exact) mass is 422 g/mol. The van der Waals surface area contributed by atoms with Crippen molar-refractivity contribution in [1.82, 2.24) is 18.8 Å². The van der Waals surface area contributed by atoms with Crippen LogP contribution in [-0.4, -0.2) is 53.9 Å². The fraction of sp³-hybridized carbons (Fsp3) is 0.348. The van der Waals surface area contributed by atoms with Crippen molar-refractivity contribution in [2.24, 2.45) is 0 Å². The van der Waals surface area contributed by atoms with Crippen LogP contribution in [0.1, 0.15) is 18.7 Å². The maximum atomic E-state index is 13.1. The van der Waals surface area contributed by atoms with Crippen LogP contribution in [0.15, 0.2) is 71.8 Å². The fourth-order valence-corrected chi connectivity index (χ4v) is 6.35. The van der Waals surface area contributed by atoms with Crippen molar-refractivity contribution in [1.29, 1.82) is 0 Å². The third-order valence-electron chi connectivity index (χ3n) is 6.66. The van der Waals surface area contributed by atoms with E-state index in [-0.39, 0.29) is 5.54 Å². The molecular formula is C23H26N4O2S. The third kappa shape index (κ3) is 3.00. The average Bonchev–Trinajstić information content (AvgIpc) is 3.23. The van der Waals surface area contributed by atoms with E-state index in [1.54, 1.807) is 28.6 Å². The summed E-state index contributed by atoms with van der Waals surface area (Å²) in [6.45, 7) is 2.81. The van der Waals surface area contributed by atoms with Gasteiger partial charge in [-0.1, -0.05) is 48.5 Å². The molecule has 5 rings (SSSR count). The molecule has 7 heteroatoms. The molecule has 1 saturated heterocycles. The Morgan fingerprint density at radius 2 is 1.50 bits per heavy atom. The van der Waals surface area contributed by atoms with Gasteiger partial charge in [0.2, 0.25) is 10.0 Å². The smallest absolute Gasteiger partial charge is 0.243 e. The number of fused-ring (bicyclic) bond motifs is 2. The summed E-state index contributed by atoms with van der Waals surface area (Å²) >= 11 is 0. The van der Waals surface area contributed by atoms with E-state index in [0.717, 1.165) is 37.4 Å². The molecular weight excluding hydrogens is 396 g/mol. The molecule has 2 aliphatic rings. The number of rotatable bonds is 3. The summed E-state index contributed by atoms with van der Waals surface area (Å²) in [7, 11) is -1.32. The molecule has 0 aliphatic carbocycles. The second kappa shape index (κ2) is 7.34. The standard InChI is InChI=1S/C23H26N4O2S/c1-25-16-17-27-21(19-8-4-2-5-9-19)18-24-22(27)23(25)12-14-26(15-13-23)30(28,29)20-10-6-3-7-11-20/h2-11,18H,12-17H2,1H3. The fourth-order valence-electron chi connectivity index (χ4n) is 4.89. The van der Waals surface area contributed by atoms with Crippen molar-refractivity contribution in [3.8, 4) is 11.3 Å². The van der Waals surface area contributed by atoms with Gasteiger partial charge >= 0.3 is 0 Å². The van der Waals surface area contributed by atoms with Gasteiger partial charge in [-0.15, -0.1) is 0 Å². The van der Waals surface area contributed by atoms with Crippen LogP contribution in [0.2, 0.25) is 0 Å². The predicted octanol–water partition coefficient (Wildman–Crippen LogP) is 3.18. The zero-order valence-electron chi connectivity index (χ0n) is 17.1. The molecule has 0 amide bonds. The second-order valence-electron chi connectivity index (χ2n) is 8.15. The van der Waals surface area contributed by atoms with E-state index in [2.05, 4.69) is 28.6 Å². The van der Waals surface area contributed by atoms with Crippen molar-refractivity contribution in [3.05, 3.63) is 72.7 Å². The van der Waals surface area contributed by atoms with Gasteiger partial charge in [0.25, 0.3) is 0 Å². The summed E-state index contributed by atoms with van der Waals surface area (Å²) in [6, 6.07) is 19.1. The molecule has 6 nitrogen and oxygen atoms in total. The Balaban J connectivity index is 1.45. The maximum Gasteiger partial charge on any atom is 0.243 e. The summed E-state index contributed by atoms with van der Waals surface area (Å²) in [5.41, 5.74) is 2.08. The molecule has 156 valence electrons. The van der Waals surface area contributed by atoms with Gasteiger partial charge in [-0.2, -0.15) is 4.31 Å². The van der Waals surface area contributed by atoms with Crippen molar-refractivity contribution in [2.45, 2.75) is 29.8 Å². The Morgan fingerprint density at radius 1 is 0.867 bits per heavy atom. The van der Waals surface area contributed by atoms with Gasteiger partial charge in [-0.3, -0.25) is 4.90 Å². The van der Waals surface area contributed by atoms with E-state index in [1.807, 2.05) is 30.5 Å². The minimum absolute atomic E-state index is 0.228. The molecule has 0 atom stereocenters. The Kier molecular flexibility index (Phi) is 4.76. The molecule has 0 unspecified atom stereocenters. The lowest BCUT2D eigenvalue weighted by Crippen LogP contribution is -2.57. The molecule has 0 saturated carbocycles. The molecule has 1 aromatic heterocycles. The van der Waals surface area contributed by atoms with Gasteiger partial charge in [0.15, 0.2) is 0 Å². The lowest BCUT2D eigenvalue weighted by molar-refractivity contribution is 0.0274. The number of nitrogens with zero attached hydrogens (tertiary/aromatic N) is 4. The van der Waals surface area contributed by atoms with Crippen LogP contribution in [0.5, 0.6) is 0 Å². The van der Waals surface area contributed by atoms with Crippen molar-refractivity contribution in [3.63, 3.8) is 0 Å². The predicted molar refractivity (Wildman–Crippen MR) is 116 cm³/mol. The maximum absolute atomic E-state index is 13.1. The van der Waals surface area contributed by atoms with Crippen LogP contribution >= 0.6 is 0 Å². The van der Waals surface area contributed by atoms with E-state index in [1.165, 1.54) is 5.56 Å². The minimum Gasteiger partial charge on any atom is -0.325 e. The summed E-state index contributed by atoms with van der Waals surface area (Å²) in [5, 5.41) is 0. The van der Waals surface area contributed by atoms with Gasteiger partial charge < -0.3 is 4.57 Å². The first-order valence-electron chi connectivity index (χ1n) is 10.4. The van der Waals surface area contributed by atoms with E-state index in [0.29, 0.717) is 18.0 Å². The number of benzene rings is 2. The van der Waals surface area contributed by atoms with Crippen LogP contribution < -0.4 is 0 Å². The Labute approximate surface area is 177 Å². The molecule has 2 aromatic carbocycles. The summed E-state index contributed by atoms with van der Waals surface area (Å²) in [5.74, 6) is 1.06. The molecule has 0 bridgehead atoms. The SMILES string of the molecule is CN1CCn2c(-c3ccccc3)cnc2C12CCN(S(=O)(=O)c1ccccc1)CC2. The first-order valence-corrected chi connectivity index (χ1v) is 11.8. The van der Waals surface area contributed by atoms with Crippen LogP contribution in [-0.2, 0) is 22.1 Å². The quantitative estimate of drug-likeness (QED) is 0.651. The van der Waals surface area contributed by atoms with Gasteiger partial charge in [0.1, 0.15) is 5.82 Å². The van der Waals surface area contributed by atoms with Crippen LogP contribution in [0, 0.1) is 0 Å². The molecule has 0 N–H and O–H groups in total. The topological polar surface area (TPSA) is 58.4 Å². The first kappa shape index (κ1) is 19.5. The van der Waals surface area contributed by atoms with Crippen molar-refractivity contribution < 1.29 is 8.42 Å². The number of piperidine rings is 1. The van der Waals surface area contributed by atoms with E-state index >= 15 is 0 Å². The molecule has 3 aromatic rings. The highest BCUT2D eigenvalue weighted by Gasteiger charge is 2.47. The van der Waals surface area contributed by atoms with Gasteiger partial charge in [-0.05, 0) is 37.6 Å². The third-order valence-corrected chi connectivity index (χ3v) is 8.57.